The van der Waals surface area contributed by atoms with Crippen molar-refractivity contribution >= 4 is 23.0 Å². The second-order valence-corrected chi connectivity index (χ2v) is 4.50. The van der Waals surface area contributed by atoms with E-state index in [-0.39, 0.29) is 4.87 Å². The molecular weight excluding hydrogens is 266 g/mol. The van der Waals surface area contributed by atoms with Crippen LogP contribution in [0.25, 0.3) is 0 Å². The molecule has 0 spiro atoms. The Bertz CT molecular complexity index is 595. The van der Waals surface area contributed by atoms with Crippen molar-refractivity contribution < 1.29 is 4.74 Å². The van der Waals surface area contributed by atoms with Crippen LogP contribution in [0, 0.1) is 0 Å². The van der Waals surface area contributed by atoms with Crippen molar-refractivity contribution in [2.24, 2.45) is 0 Å². The largest absolute Gasteiger partial charge is 0.490 e. The van der Waals surface area contributed by atoms with Gasteiger partial charge in [0.2, 0.25) is 5.75 Å². The lowest BCUT2D eigenvalue weighted by molar-refractivity contribution is 0.414. The standard InChI is InChI=1S/C11H15N5O2S/c1-3-12-9-8(18-2)10(15-6-14-9)13-4-7-5-19-11(17)16-7/h5-6H,3-4H2,1-2H3,(H,16,17)(H2,12,13,14,15). The Morgan fingerprint density at radius 3 is 2.68 bits per heavy atom. The summed E-state index contributed by atoms with van der Waals surface area (Å²) in [5.41, 5.74) is 0.806. The summed E-state index contributed by atoms with van der Waals surface area (Å²) in [5.74, 6) is 1.78. The fourth-order valence-corrected chi connectivity index (χ4v) is 2.15. The van der Waals surface area contributed by atoms with Crippen molar-refractivity contribution in [3.05, 3.63) is 27.1 Å². The first kappa shape index (κ1) is 13.3. The molecule has 0 saturated carbocycles. The van der Waals surface area contributed by atoms with Gasteiger partial charge in [-0.3, -0.25) is 4.79 Å². The molecule has 7 nitrogen and oxygen atoms in total. The first-order chi connectivity index (χ1) is 9.24. The van der Waals surface area contributed by atoms with Crippen molar-refractivity contribution in [2.45, 2.75) is 13.5 Å². The zero-order chi connectivity index (χ0) is 13.7. The average molecular weight is 281 g/mol. The van der Waals surface area contributed by atoms with Crippen molar-refractivity contribution in [3.8, 4) is 5.75 Å². The molecule has 0 bridgehead atoms. The number of aromatic nitrogens is 3. The minimum absolute atomic E-state index is 0.0696. The summed E-state index contributed by atoms with van der Waals surface area (Å²) in [6, 6.07) is 0. The summed E-state index contributed by atoms with van der Waals surface area (Å²) in [6.45, 7) is 3.19. The number of H-pyrrole nitrogens is 1. The Morgan fingerprint density at radius 1 is 1.37 bits per heavy atom. The minimum atomic E-state index is -0.0696. The molecule has 2 rings (SSSR count). The van der Waals surface area contributed by atoms with Gasteiger partial charge in [-0.15, -0.1) is 0 Å². The predicted molar refractivity (Wildman–Crippen MR) is 75.0 cm³/mol. The molecule has 2 aromatic heterocycles. The van der Waals surface area contributed by atoms with Gasteiger partial charge in [-0.1, -0.05) is 11.3 Å². The number of aromatic amines is 1. The number of methoxy groups -OCH3 is 1. The molecule has 0 unspecified atom stereocenters. The number of thiazole rings is 1. The summed E-state index contributed by atoms with van der Waals surface area (Å²) in [4.78, 5) is 21.9. The van der Waals surface area contributed by atoms with Gasteiger partial charge in [-0.2, -0.15) is 0 Å². The van der Waals surface area contributed by atoms with Crippen LogP contribution in [0.2, 0.25) is 0 Å². The van der Waals surface area contributed by atoms with E-state index in [4.69, 9.17) is 4.74 Å². The van der Waals surface area contributed by atoms with Crippen LogP contribution in [-0.2, 0) is 6.54 Å². The van der Waals surface area contributed by atoms with E-state index in [1.807, 2.05) is 6.92 Å². The molecule has 2 heterocycles. The third-order valence-corrected chi connectivity index (χ3v) is 3.09. The molecule has 2 aromatic rings. The van der Waals surface area contributed by atoms with Crippen molar-refractivity contribution in [1.82, 2.24) is 15.0 Å². The maximum atomic E-state index is 11.0. The maximum Gasteiger partial charge on any atom is 0.304 e. The zero-order valence-electron chi connectivity index (χ0n) is 10.7. The van der Waals surface area contributed by atoms with E-state index in [0.29, 0.717) is 23.9 Å². The molecule has 0 atom stereocenters. The average Bonchev–Trinajstić information content (AvgIpc) is 2.83. The topological polar surface area (TPSA) is 91.9 Å². The number of nitrogens with one attached hydrogen (secondary N) is 3. The van der Waals surface area contributed by atoms with E-state index in [9.17, 15) is 4.79 Å². The summed E-state index contributed by atoms with van der Waals surface area (Å²) < 4.78 is 5.30. The van der Waals surface area contributed by atoms with Gasteiger partial charge < -0.3 is 20.4 Å². The highest BCUT2D eigenvalue weighted by molar-refractivity contribution is 7.07. The molecule has 0 aliphatic heterocycles. The van der Waals surface area contributed by atoms with Gasteiger partial charge in [-0.05, 0) is 6.92 Å². The van der Waals surface area contributed by atoms with E-state index in [0.717, 1.165) is 23.6 Å². The fourth-order valence-electron chi connectivity index (χ4n) is 1.57. The Hall–Kier alpha value is -2.09. The number of anilines is 2. The molecule has 19 heavy (non-hydrogen) atoms. The molecule has 0 amide bonds. The quantitative estimate of drug-likeness (QED) is 0.738. The molecule has 0 aromatic carbocycles. The number of rotatable bonds is 6. The van der Waals surface area contributed by atoms with Crippen molar-refractivity contribution in [3.63, 3.8) is 0 Å². The molecule has 0 aliphatic rings. The number of ether oxygens (including phenoxy) is 1. The van der Waals surface area contributed by atoms with Gasteiger partial charge in [0.05, 0.1) is 13.7 Å². The summed E-state index contributed by atoms with van der Waals surface area (Å²) >= 11 is 1.13. The Balaban J connectivity index is 2.15. The van der Waals surface area contributed by atoms with Gasteiger partial charge in [0.25, 0.3) is 0 Å². The van der Waals surface area contributed by atoms with Crippen LogP contribution in [0.5, 0.6) is 5.75 Å². The predicted octanol–water partition coefficient (Wildman–Crippen LogP) is 1.28. The lowest BCUT2D eigenvalue weighted by atomic mass is 10.4. The molecule has 3 N–H and O–H groups in total. The normalized spacial score (nSPS) is 10.2. The molecule has 0 aliphatic carbocycles. The van der Waals surface area contributed by atoms with Crippen molar-refractivity contribution in [2.75, 3.05) is 24.3 Å². The highest BCUT2D eigenvalue weighted by Gasteiger charge is 2.11. The van der Waals surface area contributed by atoms with E-state index in [1.165, 1.54) is 6.33 Å². The second-order valence-electron chi connectivity index (χ2n) is 3.66. The van der Waals surface area contributed by atoms with E-state index < -0.39 is 0 Å². The van der Waals surface area contributed by atoms with Gasteiger partial charge >= 0.3 is 4.87 Å². The summed E-state index contributed by atoms with van der Waals surface area (Å²) in [6.07, 6.45) is 1.46. The number of nitrogens with zero attached hydrogens (tertiary/aromatic N) is 2. The molecule has 0 radical (unpaired) electrons. The van der Waals surface area contributed by atoms with Gasteiger partial charge in [0, 0.05) is 17.6 Å². The third kappa shape index (κ3) is 3.22. The molecule has 102 valence electrons. The maximum absolute atomic E-state index is 11.0. The zero-order valence-corrected chi connectivity index (χ0v) is 11.5. The highest BCUT2D eigenvalue weighted by Crippen LogP contribution is 2.28. The monoisotopic (exact) mass is 281 g/mol. The van der Waals surface area contributed by atoms with Gasteiger partial charge in [0.15, 0.2) is 11.6 Å². The lowest BCUT2D eigenvalue weighted by Crippen LogP contribution is -2.09. The molecule has 0 saturated heterocycles. The number of hydrogen-bond acceptors (Lipinski definition) is 7. The van der Waals surface area contributed by atoms with Gasteiger partial charge in [-0.25, -0.2) is 9.97 Å². The molecule has 8 heteroatoms. The van der Waals surface area contributed by atoms with Gasteiger partial charge in [0.1, 0.15) is 6.33 Å². The summed E-state index contributed by atoms with van der Waals surface area (Å²) in [5, 5.41) is 7.98. The van der Waals surface area contributed by atoms with Crippen LogP contribution in [0.3, 0.4) is 0 Å². The molecule has 0 fully saturated rings. The third-order valence-electron chi connectivity index (χ3n) is 2.37. The van der Waals surface area contributed by atoms with E-state index >= 15 is 0 Å². The van der Waals surface area contributed by atoms with Crippen LogP contribution in [0.4, 0.5) is 11.6 Å². The van der Waals surface area contributed by atoms with E-state index in [1.54, 1.807) is 12.5 Å². The minimum Gasteiger partial charge on any atom is -0.490 e. The van der Waals surface area contributed by atoms with Crippen LogP contribution < -0.4 is 20.2 Å². The van der Waals surface area contributed by atoms with Crippen LogP contribution >= 0.6 is 11.3 Å². The first-order valence-electron chi connectivity index (χ1n) is 5.78. The van der Waals surface area contributed by atoms with Crippen LogP contribution in [-0.4, -0.2) is 28.6 Å². The Morgan fingerprint density at radius 2 is 2.11 bits per heavy atom. The molecular formula is C11H15N5O2S. The van der Waals surface area contributed by atoms with Crippen molar-refractivity contribution in [1.29, 1.82) is 0 Å². The fraction of sp³-hybridized carbons (Fsp3) is 0.364. The Kier molecular flexibility index (Phi) is 4.35. The number of hydrogen-bond donors (Lipinski definition) is 3. The summed E-state index contributed by atoms with van der Waals surface area (Å²) in [7, 11) is 1.57. The highest BCUT2D eigenvalue weighted by atomic mass is 32.1. The SMILES string of the molecule is CCNc1ncnc(NCc2csc(=O)[nH]2)c1OC. The smallest absolute Gasteiger partial charge is 0.304 e. The second kappa shape index (κ2) is 6.19. The lowest BCUT2D eigenvalue weighted by Gasteiger charge is -2.12. The van der Waals surface area contributed by atoms with Crippen LogP contribution in [0.1, 0.15) is 12.6 Å². The van der Waals surface area contributed by atoms with E-state index in [2.05, 4.69) is 25.6 Å². The van der Waals surface area contributed by atoms with Crippen LogP contribution in [0.15, 0.2) is 16.5 Å². The first-order valence-corrected chi connectivity index (χ1v) is 6.66. The Labute approximate surface area is 114 Å².